The Morgan fingerprint density at radius 2 is 1.89 bits per heavy atom. The van der Waals surface area contributed by atoms with E-state index >= 15 is 0 Å². The zero-order valence-electron chi connectivity index (χ0n) is 16.2. The van der Waals surface area contributed by atoms with Crippen molar-refractivity contribution in [3.63, 3.8) is 0 Å². The number of benzene rings is 1. The van der Waals surface area contributed by atoms with Crippen LogP contribution >= 0.6 is 0 Å². The molecule has 1 saturated heterocycles. The van der Waals surface area contributed by atoms with E-state index in [1.54, 1.807) is 12.1 Å². The predicted molar refractivity (Wildman–Crippen MR) is 103 cm³/mol. The smallest absolute Gasteiger partial charge is 0.295 e. The van der Waals surface area contributed by atoms with E-state index in [9.17, 15) is 14.7 Å². The second kappa shape index (κ2) is 7.43. The number of carbonyl (C=O) groups is 2. The first-order valence-electron chi connectivity index (χ1n) is 9.27. The van der Waals surface area contributed by atoms with E-state index in [4.69, 9.17) is 4.42 Å². The summed E-state index contributed by atoms with van der Waals surface area (Å²) in [6, 6.07) is 8.52. The number of aliphatic hydroxyl groups excluding tert-OH is 1. The lowest BCUT2D eigenvalue weighted by atomic mass is 9.96. The van der Waals surface area contributed by atoms with E-state index in [0.717, 1.165) is 24.0 Å². The number of aliphatic hydroxyl groups is 1. The summed E-state index contributed by atoms with van der Waals surface area (Å²) in [5, 5.41) is 11.0. The van der Waals surface area contributed by atoms with Crippen LogP contribution in [0.2, 0.25) is 0 Å². The molecular formula is C22H25NO4. The van der Waals surface area contributed by atoms with Crippen molar-refractivity contribution in [2.24, 2.45) is 0 Å². The normalized spacial score (nSPS) is 19.1. The molecule has 0 aliphatic carbocycles. The maximum atomic E-state index is 12.8. The topological polar surface area (TPSA) is 70.8 Å². The number of nitrogens with zero attached hydrogens (tertiary/aromatic N) is 1. The van der Waals surface area contributed by atoms with Crippen LogP contribution in [0.3, 0.4) is 0 Å². The van der Waals surface area contributed by atoms with E-state index in [2.05, 4.69) is 0 Å². The third-order valence-corrected chi connectivity index (χ3v) is 4.97. The van der Waals surface area contributed by atoms with Gasteiger partial charge in [-0.25, -0.2) is 0 Å². The second-order valence-electron chi connectivity index (χ2n) is 7.11. The summed E-state index contributed by atoms with van der Waals surface area (Å²) in [6.45, 7) is 8.07. The Kier molecular flexibility index (Phi) is 5.22. The van der Waals surface area contributed by atoms with Crippen molar-refractivity contribution >= 4 is 17.4 Å². The lowest BCUT2D eigenvalue weighted by Crippen LogP contribution is -2.30. The molecule has 0 saturated carbocycles. The number of unbranched alkanes of at least 4 members (excludes halogenated alkanes) is 1. The highest BCUT2D eigenvalue weighted by Gasteiger charge is 2.47. The fraction of sp³-hybridized carbons (Fsp3) is 0.364. The van der Waals surface area contributed by atoms with Crippen LogP contribution in [0.1, 0.15) is 54.0 Å². The molecule has 1 unspecified atom stereocenters. The van der Waals surface area contributed by atoms with Gasteiger partial charge in [0.05, 0.1) is 5.57 Å². The van der Waals surface area contributed by atoms with Gasteiger partial charge >= 0.3 is 0 Å². The van der Waals surface area contributed by atoms with E-state index < -0.39 is 17.7 Å². The van der Waals surface area contributed by atoms with Gasteiger partial charge in [-0.3, -0.25) is 9.59 Å². The van der Waals surface area contributed by atoms with Crippen LogP contribution in [0, 0.1) is 20.8 Å². The van der Waals surface area contributed by atoms with Crippen LogP contribution in [0.25, 0.3) is 5.76 Å². The molecule has 1 aromatic heterocycles. The van der Waals surface area contributed by atoms with Crippen molar-refractivity contribution in [2.45, 2.75) is 46.6 Å². The van der Waals surface area contributed by atoms with E-state index in [0.29, 0.717) is 23.6 Å². The van der Waals surface area contributed by atoms with Crippen LogP contribution in [0.5, 0.6) is 0 Å². The number of rotatable bonds is 5. The Hall–Kier alpha value is -2.82. The molecule has 2 aromatic rings. The first-order valence-corrected chi connectivity index (χ1v) is 9.27. The quantitative estimate of drug-likeness (QED) is 0.482. The van der Waals surface area contributed by atoms with Crippen molar-refractivity contribution in [1.82, 2.24) is 4.90 Å². The van der Waals surface area contributed by atoms with Crippen LogP contribution in [-0.4, -0.2) is 28.2 Å². The molecule has 1 fully saturated rings. The minimum Gasteiger partial charge on any atom is -0.507 e. The summed E-state index contributed by atoms with van der Waals surface area (Å²) in [5.41, 5.74) is 2.47. The maximum absolute atomic E-state index is 12.8. The monoisotopic (exact) mass is 367 g/mol. The number of Topliss-reactive ketones (excluding diaryl/α,β-unsaturated/α-hetero) is 1. The van der Waals surface area contributed by atoms with Gasteiger partial charge in [-0.2, -0.15) is 0 Å². The molecule has 1 aromatic carbocycles. The summed E-state index contributed by atoms with van der Waals surface area (Å²) < 4.78 is 5.75. The number of furan rings is 1. The first-order chi connectivity index (χ1) is 12.8. The van der Waals surface area contributed by atoms with Gasteiger partial charge in [-0.1, -0.05) is 31.0 Å². The van der Waals surface area contributed by atoms with Crippen molar-refractivity contribution in [2.75, 3.05) is 6.54 Å². The predicted octanol–water partition coefficient (Wildman–Crippen LogP) is 4.43. The lowest BCUT2D eigenvalue weighted by molar-refractivity contribution is -0.140. The number of hydrogen-bond donors (Lipinski definition) is 1. The van der Waals surface area contributed by atoms with E-state index in [1.807, 2.05) is 45.9 Å². The summed E-state index contributed by atoms with van der Waals surface area (Å²) in [7, 11) is 0. The standard InChI is InChI=1S/C22H25NO4/c1-5-6-11-23-19(17-10-9-15(4)27-17)18(21(25)22(23)26)20(24)16-12-13(2)7-8-14(16)3/h7-10,12,19,24H,5-6,11H2,1-4H3/b20-18+. The molecule has 142 valence electrons. The first kappa shape index (κ1) is 19.0. The van der Waals surface area contributed by atoms with Crippen molar-refractivity contribution in [3.8, 4) is 0 Å². The summed E-state index contributed by atoms with van der Waals surface area (Å²) in [4.78, 5) is 27.0. The van der Waals surface area contributed by atoms with Crippen LogP contribution in [0.4, 0.5) is 0 Å². The van der Waals surface area contributed by atoms with Gasteiger partial charge in [-0.05, 0) is 51.0 Å². The van der Waals surface area contributed by atoms with Crippen LogP contribution in [-0.2, 0) is 9.59 Å². The minimum atomic E-state index is -0.704. The number of likely N-dealkylation sites (tertiary alicyclic amines) is 1. The molecule has 5 heteroatoms. The van der Waals surface area contributed by atoms with Crippen molar-refractivity contribution in [1.29, 1.82) is 0 Å². The number of ketones is 1. The third kappa shape index (κ3) is 3.42. The molecule has 2 heterocycles. The average Bonchev–Trinajstić information content (AvgIpc) is 3.17. The van der Waals surface area contributed by atoms with E-state index in [1.165, 1.54) is 4.90 Å². The molecule has 0 spiro atoms. The van der Waals surface area contributed by atoms with Gasteiger partial charge in [0.1, 0.15) is 23.3 Å². The zero-order valence-corrected chi connectivity index (χ0v) is 16.2. The molecule has 27 heavy (non-hydrogen) atoms. The van der Waals surface area contributed by atoms with Gasteiger partial charge in [0.15, 0.2) is 0 Å². The Morgan fingerprint density at radius 1 is 1.15 bits per heavy atom. The summed E-state index contributed by atoms with van der Waals surface area (Å²) in [6.07, 6.45) is 1.66. The van der Waals surface area contributed by atoms with E-state index in [-0.39, 0.29) is 11.3 Å². The summed E-state index contributed by atoms with van der Waals surface area (Å²) in [5.74, 6) is -0.210. The van der Waals surface area contributed by atoms with Gasteiger partial charge in [0.25, 0.3) is 11.7 Å². The second-order valence-corrected chi connectivity index (χ2v) is 7.11. The molecule has 0 radical (unpaired) electrons. The highest BCUT2D eigenvalue weighted by atomic mass is 16.3. The van der Waals surface area contributed by atoms with Gasteiger partial charge < -0.3 is 14.4 Å². The van der Waals surface area contributed by atoms with Gasteiger partial charge in [0, 0.05) is 12.1 Å². The van der Waals surface area contributed by atoms with Crippen molar-refractivity contribution < 1.29 is 19.1 Å². The molecule has 1 N–H and O–H groups in total. The molecule has 1 amide bonds. The van der Waals surface area contributed by atoms with Gasteiger partial charge in [0.2, 0.25) is 0 Å². The molecular weight excluding hydrogens is 342 g/mol. The average molecular weight is 367 g/mol. The zero-order chi connectivity index (χ0) is 19.7. The molecule has 1 atom stereocenters. The Morgan fingerprint density at radius 3 is 2.52 bits per heavy atom. The summed E-state index contributed by atoms with van der Waals surface area (Å²) >= 11 is 0. The molecule has 0 bridgehead atoms. The Labute approximate surface area is 159 Å². The van der Waals surface area contributed by atoms with Crippen molar-refractivity contribution in [3.05, 3.63) is 64.1 Å². The van der Waals surface area contributed by atoms with Crippen LogP contribution in [0.15, 0.2) is 40.3 Å². The number of amides is 1. The molecule has 1 aliphatic rings. The van der Waals surface area contributed by atoms with Crippen LogP contribution < -0.4 is 0 Å². The lowest BCUT2D eigenvalue weighted by Gasteiger charge is -2.23. The fourth-order valence-corrected chi connectivity index (χ4v) is 3.47. The Balaban J connectivity index is 2.19. The third-order valence-electron chi connectivity index (χ3n) is 4.97. The largest absolute Gasteiger partial charge is 0.507 e. The van der Waals surface area contributed by atoms with Gasteiger partial charge in [-0.15, -0.1) is 0 Å². The molecule has 5 nitrogen and oxygen atoms in total. The SMILES string of the molecule is CCCCN1C(=O)C(=O)/C(=C(/O)c2cc(C)ccc2C)C1c1ccc(C)o1. The Bertz CT molecular complexity index is 922. The minimum absolute atomic E-state index is 0.0964. The fourth-order valence-electron chi connectivity index (χ4n) is 3.47. The number of aryl methyl sites for hydroxylation is 3. The molecule has 3 rings (SSSR count). The number of carbonyl (C=O) groups excluding carboxylic acids is 2. The maximum Gasteiger partial charge on any atom is 0.295 e. The highest BCUT2D eigenvalue weighted by molar-refractivity contribution is 6.46. The highest BCUT2D eigenvalue weighted by Crippen LogP contribution is 2.40. The number of hydrogen-bond acceptors (Lipinski definition) is 4. The molecule has 1 aliphatic heterocycles.